The second-order valence-electron chi connectivity index (χ2n) is 9.81. The van der Waals surface area contributed by atoms with Gasteiger partial charge in [-0.3, -0.25) is 13.9 Å². The zero-order chi connectivity index (χ0) is 25.2. The zero-order valence-corrected chi connectivity index (χ0v) is 21.5. The lowest BCUT2D eigenvalue weighted by atomic mass is 9.88. The van der Waals surface area contributed by atoms with E-state index >= 15 is 0 Å². The molecule has 6 rings (SSSR count). The van der Waals surface area contributed by atoms with Gasteiger partial charge >= 0.3 is 0 Å². The van der Waals surface area contributed by atoms with Crippen LogP contribution in [0, 0.1) is 0 Å². The van der Waals surface area contributed by atoms with Gasteiger partial charge in [-0.2, -0.15) is 5.10 Å². The predicted octanol–water partition coefficient (Wildman–Crippen LogP) is 4.66. The van der Waals surface area contributed by atoms with Crippen LogP contribution in [-0.4, -0.2) is 47.8 Å². The number of hydrogen-bond acceptors (Lipinski definition) is 6. The summed E-state index contributed by atoms with van der Waals surface area (Å²) in [6, 6.07) is 12.1. The van der Waals surface area contributed by atoms with Crippen LogP contribution in [0.15, 0.2) is 61.3 Å². The number of aryl methyl sites for hydroxylation is 1. The highest BCUT2D eigenvalue weighted by Gasteiger charge is 2.36. The Morgan fingerprint density at radius 1 is 1.14 bits per heavy atom. The summed E-state index contributed by atoms with van der Waals surface area (Å²) in [6.07, 6.45) is 7.29. The van der Waals surface area contributed by atoms with Gasteiger partial charge in [0.2, 0.25) is 0 Å². The third-order valence-corrected chi connectivity index (χ3v) is 8.54. The molecule has 1 amide bonds. The van der Waals surface area contributed by atoms with Crippen molar-refractivity contribution in [3.05, 3.63) is 78.0 Å². The van der Waals surface area contributed by atoms with Gasteiger partial charge < -0.3 is 10.6 Å². The van der Waals surface area contributed by atoms with E-state index in [1.807, 2.05) is 70.4 Å². The summed E-state index contributed by atoms with van der Waals surface area (Å²) in [6.45, 7) is 4.50. The summed E-state index contributed by atoms with van der Waals surface area (Å²) >= 11 is 1.88. The Hall–Kier alpha value is -3.85. The molecule has 3 aromatic heterocycles. The molecule has 4 heterocycles. The standard InChI is InChI=1S/C27H27N7OS/c1-27(2)20-9-16(18-11-30-32(3)13-18)5-7-19(20)24(14-36-27)33(4)26(35)17-6-8-21-22(10-17)34-15-29-12-23(34)25(28)31-21/h5-13,15,24H,14H2,1-4H3,(H2,28,31)/t24-/m1/s1. The molecule has 0 radical (unpaired) electrons. The third-order valence-electron chi connectivity index (χ3n) is 7.11. The van der Waals surface area contributed by atoms with Crippen molar-refractivity contribution >= 4 is 40.0 Å². The first-order chi connectivity index (χ1) is 17.2. The quantitative estimate of drug-likeness (QED) is 0.390. The molecule has 0 saturated heterocycles. The third kappa shape index (κ3) is 3.53. The fourth-order valence-electron chi connectivity index (χ4n) is 5.05. The van der Waals surface area contributed by atoms with Gasteiger partial charge in [0.05, 0.1) is 35.8 Å². The van der Waals surface area contributed by atoms with Crippen molar-refractivity contribution < 1.29 is 4.79 Å². The number of benzene rings is 2. The fourth-order valence-corrected chi connectivity index (χ4v) is 6.36. The highest BCUT2D eigenvalue weighted by molar-refractivity contribution is 8.00. The normalized spacial score (nSPS) is 16.8. The second-order valence-corrected chi connectivity index (χ2v) is 11.4. The number of hydrogen-bond donors (Lipinski definition) is 1. The highest BCUT2D eigenvalue weighted by atomic mass is 32.2. The van der Waals surface area contributed by atoms with Gasteiger partial charge in [-0.1, -0.05) is 12.1 Å². The molecule has 2 N–H and O–H groups in total. The van der Waals surface area contributed by atoms with Crippen LogP contribution in [0.2, 0.25) is 0 Å². The van der Waals surface area contributed by atoms with E-state index in [-0.39, 0.29) is 16.7 Å². The number of aromatic nitrogens is 5. The molecular formula is C27H27N7OS. The van der Waals surface area contributed by atoms with E-state index in [9.17, 15) is 4.79 Å². The minimum absolute atomic E-state index is 0.0328. The van der Waals surface area contributed by atoms with E-state index in [4.69, 9.17) is 5.73 Å². The first kappa shape index (κ1) is 22.6. The minimum atomic E-state index is -0.0600. The summed E-state index contributed by atoms with van der Waals surface area (Å²) in [5.74, 6) is 1.21. The Morgan fingerprint density at radius 2 is 1.97 bits per heavy atom. The van der Waals surface area contributed by atoms with Crippen LogP contribution < -0.4 is 5.73 Å². The number of imidazole rings is 1. The first-order valence-corrected chi connectivity index (χ1v) is 12.8. The molecule has 0 unspecified atom stereocenters. The number of fused-ring (bicyclic) bond motifs is 4. The number of rotatable bonds is 3. The molecule has 0 bridgehead atoms. The molecule has 9 heteroatoms. The topological polar surface area (TPSA) is 94.3 Å². The number of carbonyl (C=O) groups excluding carboxylic acids is 1. The number of thioether (sulfide) groups is 1. The molecular weight excluding hydrogens is 470 g/mol. The van der Waals surface area contributed by atoms with Gasteiger partial charge in [0, 0.05) is 41.9 Å². The monoisotopic (exact) mass is 497 g/mol. The maximum Gasteiger partial charge on any atom is 0.254 e. The Bertz CT molecular complexity index is 1650. The van der Waals surface area contributed by atoms with Crippen LogP contribution in [0.3, 0.4) is 0 Å². The van der Waals surface area contributed by atoms with Crippen LogP contribution in [0.4, 0.5) is 5.82 Å². The molecule has 36 heavy (non-hydrogen) atoms. The molecule has 0 fully saturated rings. The summed E-state index contributed by atoms with van der Waals surface area (Å²) in [7, 11) is 3.82. The zero-order valence-electron chi connectivity index (χ0n) is 20.6. The van der Waals surface area contributed by atoms with Crippen LogP contribution >= 0.6 is 11.8 Å². The van der Waals surface area contributed by atoms with Crippen LogP contribution in [-0.2, 0) is 11.8 Å². The van der Waals surface area contributed by atoms with E-state index in [0.29, 0.717) is 11.4 Å². The van der Waals surface area contributed by atoms with Crippen molar-refractivity contribution in [3.8, 4) is 11.1 Å². The molecule has 182 valence electrons. The van der Waals surface area contributed by atoms with Gasteiger partial charge in [0.25, 0.3) is 5.91 Å². The summed E-state index contributed by atoms with van der Waals surface area (Å²) < 4.78 is 3.63. The van der Waals surface area contributed by atoms with Crippen molar-refractivity contribution in [1.82, 2.24) is 29.0 Å². The number of nitrogens with zero attached hydrogens (tertiary/aromatic N) is 6. The maximum absolute atomic E-state index is 13.7. The van der Waals surface area contributed by atoms with Crippen molar-refractivity contribution in [3.63, 3.8) is 0 Å². The first-order valence-electron chi connectivity index (χ1n) is 11.8. The lowest BCUT2D eigenvalue weighted by Gasteiger charge is -2.40. The van der Waals surface area contributed by atoms with Gasteiger partial charge in [0.15, 0.2) is 0 Å². The molecule has 5 aromatic rings. The van der Waals surface area contributed by atoms with Crippen molar-refractivity contribution in [2.24, 2.45) is 7.05 Å². The van der Waals surface area contributed by atoms with E-state index < -0.39 is 0 Å². The fraction of sp³-hybridized carbons (Fsp3) is 0.259. The van der Waals surface area contributed by atoms with Crippen LogP contribution in [0.25, 0.3) is 27.7 Å². The number of amides is 1. The van der Waals surface area contributed by atoms with Gasteiger partial charge in [-0.05, 0) is 54.8 Å². The molecule has 1 atom stereocenters. The van der Waals surface area contributed by atoms with E-state index in [2.05, 4.69) is 47.1 Å². The number of nitrogens with two attached hydrogens (primary N) is 1. The number of carbonyl (C=O) groups is 1. The van der Waals surface area contributed by atoms with Gasteiger partial charge in [-0.25, -0.2) is 9.97 Å². The summed E-state index contributed by atoms with van der Waals surface area (Å²) in [4.78, 5) is 24.3. The Kier molecular flexibility index (Phi) is 5.08. The minimum Gasteiger partial charge on any atom is -0.382 e. The van der Waals surface area contributed by atoms with Crippen molar-refractivity contribution in [2.45, 2.75) is 24.6 Å². The van der Waals surface area contributed by atoms with Crippen molar-refractivity contribution in [2.75, 3.05) is 18.5 Å². The molecule has 8 nitrogen and oxygen atoms in total. The second kappa shape index (κ2) is 8.09. The summed E-state index contributed by atoms with van der Waals surface area (Å²) in [5, 5.41) is 4.32. The van der Waals surface area contributed by atoms with Crippen LogP contribution in [0.1, 0.15) is 41.4 Å². The molecule has 0 spiro atoms. The lowest BCUT2D eigenvalue weighted by Crippen LogP contribution is -2.37. The molecule has 1 aliphatic rings. The number of anilines is 1. The SMILES string of the molecule is CN(C(=O)c1ccc2nc(N)c3cncn3c2c1)[C@@H]1CSC(C)(C)c2cc(-c3cnn(C)c3)ccc21. The summed E-state index contributed by atoms with van der Waals surface area (Å²) in [5.41, 5.74) is 13.6. The lowest BCUT2D eigenvalue weighted by molar-refractivity contribution is 0.0743. The van der Waals surface area contributed by atoms with E-state index in [0.717, 1.165) is 33.4 Å². The van der Waals surface area contributed by atoms with Gasteiger partial charge in [0.1, 0.15) is 11.3 Å². The van der Waals surface area contributed by atoms with Crippen molar-refractivity contribution in [1.29, 1.82) is 0 Å². The molecule has 0 aliphatic carbocycles. The Morgan fingerprint density at radius 3 is 2.75 bits per heavy atom. The molecule has 1 aliphatic heterocycles. The van der Waals surface area contributed by atoms with E-state index in [1.54, 1.807) is 12.5 Å². The Labute approximate surface area is 213 Å². The highest BCUT2D eigenvalue weighted by Crippen LogP contribution is 2.48. The molecule has 0 saturated carbocycles. The Balaban J connectivity index is 1.38. The van der Waals surface area contributed by atoms with E-state index in [1.165, 1.54) is 11.1 Å². The van der Waals surface area contributed by atoms with Gasteiger partial charge in [-0.15, -0.1) is 11.8 Å². The average molecular weight is 498 g/mol. The molecule has 2 aromatic carbocycles. The maximum atomic E-state index is 13.7. The van der Waals surface area contributed by atoms with Crippen LogP contribution in [0.5, 0.6) is 0 Å². The largest absolute Gasteiger partial charge is 0.382 e. The predicted molar refractivity (Wildman–Crippen MR) is 144 cm³/mol. The number of nitrogen functional groups attached to an aromatic ring is 1. The average Bonchev–Trinajstić information content (AvgIpc) is 3.53. The smallest absolute Gasteiger partial charge is 0.254 e.